The largest absolute Gasteiger partial charge is 0.323 e. The highest BCUT2D eigenvalue weighted by Gasteiger charge is 2.15. The highest BCUT2D eigenvalue weighted by atomic mass is 79.9. The summed E-state index contributed by atoms with van der Waals surface area (Å²) < 4.78 is 3.01. The summed E-state index contributed by atoms with van der Waals surface area (Å²) in [5.74, 6) is 0.0373. The Morgan fingerprint density at radius 2 is 1.88 bits per heavy atom. The van der Waals surface area contributed by atoms with E-state index in [1.54, 1.807) is 11.3 Å². The second-order valence-corrected chi connectivity index (χ2v) is 8.95. The molecule has 3 aromatic rings. The van der Waals surface area contributed by atoms with Gasteiger partial charge in [0.25, 0.3) is 0 Å². The normalized spacial score (nSPS) is 10.9. The Bertz CT molecular complexity index is 912. The number of benzene rings is 1. The average molecular weight is 432 g/mol. The highest BCUT2D eigenvalue weighted by molar-refractivity contribution is 9.11. The van der Waals surface area contributed by atoms with Crippen molar-refractivity contribution in [3.05, 3.63) is 62.0 Å². The molecule has 2 aromatic heterocycles. The molecule has 0 aliphatic heterocycles. The van der Waals surface area contributed by atoms with Crippen molar-refractivity contribution >= 4 is 38.9 Å². The van der Waals surface area contributed by atoms with Gasteiger partial charge in [-0.1, -0.05) is 17.7 Å². The molecule has 1 N–H and O–H groups in total. The van der Waals surface area contributed by atoms with Crippen molar-refractivity contribution < 1.29 is 4.79 Å². The Hall–Kier alpha value is -1.92. The molecule has 0 aliphatic rings. The quantitative estimate of drug-likeness (QED) is 0.553. The lowest BCUT2D eigenvalue weighted by Crippen LogP contribution is -2.12. The predicted octanol–water partition coefficient (Wildman–Crippen LogP) is 5.58. The minimum atomic E-state index is 0.0373. The zero-order valence-corrected chi connectivity index (χ0v) is 17.6. The first-order chi connectivity index (χ1) is 12.4. The second-order valence-electron chi connectivity index (χ2n) is 6.40. The van der Waals surface area contributed by atoms with Crippen LogP contribution in [0.2, 0.25) is 0 Å². The Morgan fingerprint density at radius 3 is 2.54 bits per heavy atom. The van der Waals surface area contributed by atoms with Crippen LogP contribution in [-0.4, -0.2) is 15.7 Å². The fourth-order valence-corrected chi connectivity index (χ4v) is 4.40. The number of aromatic nitrogens is 2. The van der Waals surface area contributed by atoms with Crippen molar-refractivity contribution in [3.63, 3.8) is 0 Å². The van der Waals surface area contributed by atoms with Gasteiger partial charge in [-0.05, 0) is 73.8 Å². The molecule has 3 rings (SSSR count). The van der Waals surface area contributed by atoms with Crippen LogP contribution in [0.4, 0.5) is 5.69 Å². The van der Waals surface area contributed by atoms with Crippen molar-refractivity contribution in [3.8, 4) is 5.69 Å². The van der Waals surface area contributed by atoms with Gasteiger partial charge in [-0.25, -0.2) is 4.68 Å². The SMILES string of the molecule is Cc1ccc(-n2nc(C)c(NC(=O)CCCc3ccc(Br)s3)c2C)cc1. The minimum absolute atomic E-state index is 0.0373. The van der Waals surface area contributed by atoms with E-state index in [1.165, 1.54) is 10.4 Å². The number of amides is 1. The summed E-state index contributed by atoms with van der Waals surface area (Å²) in [7, 11) is 0. The Labute approximate surface area is 166 Å². The summed E-state index contributed by atoms with van der Waals surface area (Å²) in [6, 6.07) is 12.4. The maximum Gasteiger partial charge on any atom is 0.224 e. The van der Waals surface area contributed by atoms with E-state index in [-0.39, 0.29) is 5.91 Å². The smallest absolute Gasteiger partial charge is 0.224 e. The lowest BCUT2D eigenvalue weighted by Gasteiger charge is -2.07. The van der Waals surface area contributed by atoms with Crippen LogP contribution in [0, 0.1) is 20.8 Å². The summed E-state index contributed by atoms with van der Waals surface area (Å²) >= 11 is 5.19. The zero-order chi connectivity index (χ0) is 18.7. The minimum Gasteiger partial charge on any atom is -0.323 e. The number of nitrogens with zero attached hydrogens (tertiary/aromatic N) is 2. The fraction of sp³-hybridized carbons (Fsp3) is 0.300. The predicted molar refractivity (Wildman–Crippen MR) is 111 cm³/mol. The third-order valence-electron chi connectivity index (χ3n) is 4.29. The Balaban J connectivity index is 1.64. The zero-order valence-electron chi connectivity index (χ0n) is 15.2. The van der Waals surface area contributed by atoms with Gasteiger partial charge in [-0.15, -0.1) is 11.3 Å². The maximum absolute atomic E-state index is 12.3. The van der Waals surface area contributed by atoms with Crippen LogP contribution in [0.1, 0.15) is 34.7 Å². The van der Waals surface area contributed by atoms with Gasteiger partial charge in [0.05, 0.1) is 26.5 Å². The van der Waals surface area contributed by atoms with E-state index in [1.807, 2.05) is 36.7 Å². The lowest BCUT2D eigenvalue weighted by molar-refractivity contribution is -0.116. The highest BCUT2D eigenvalue weighted by Crippen LogP contribution is 2.25. The summed E-state index contributed by atoms with van der Waals surface area (Å²) in [6.07, 6.45) is 2.26. The summed E-state index contributed by atoms with van der Waals surface area (Å²) in [5, 5.41) is 7.64. The van der Waals surface area contributed by atoms with E-state index < -0.39 is 0 Å². The van der Waals surface area contributed by atoms with Gasteiger partial charge in [0, 0.05) is 11.3 Å². The molecule has 0 unspecified atom stereocenters. The molecule has 0 fully saturated rings. The van der Waals surface area contributed by atoms with Crippen molar-refractivity contribution in [1.29, 1.82) is 0 Å². The van der Waals surface area contributed by atoms with E-state index in [4.69, 9.17) is 0 Å². The molecule has 6 heteroatoms. The number of hydrogen-bond donors (Lipinski definition) is 1. The molecular formula is C20H22BrN3OS. The molecule has 0 radical (unpaired) electrons. The molecule has 0 atom stereocenters. The second kappa shape index (κ2) is 8.18. The number of anilines is 1. The van der Waals surface area contributed by atoms with Crippen molar-refractivity contribution in [2.24, 2.45) is 0 Å². The van der Waals surface area contributed by atoms with Gasteiger partial charge >= 0.3 is 0 Å². The molecule has 0 aliphatic carbocycles. The van der Waals surface area contributed by atoms with Crippen LogP contribution in [0.25, 0.3) is 5.69 Å². The first-order valence-electron chi connectivity index (χ1n) is 8.61. The number of hydrogen-bond acceptors (Lipinski definition) is 3. The van der Waals surface area contributed by atoms with Crippen molar-refractivity contribution in [2.45, 2.75) is 40.0 Å². The van der Waals surface area contributed by atoms with E-state index in [9.17, 15) is 4.79 Å². The van der Waals surface area contributed by atoms with Crippen LogP contribution >= 0.6 is 27.3 Å². The van der Waals surface area contributed by atoms with Gasteiger partial charge in [0.1, 0.15) is 0 Å². The van der Waals surface area contributed by atoms with Crippen LogP contribution in [0.15, 0.2) is 40.2 Å². The van der Waals surface area contributed by atoms with Gasteiger partial charge in [0.2, 0.25) is 5.91 Å². The third kappa shape index (κ3) is 4.43. The van der Waals surface area contributed by atoms with Crippen LogP contribution in [-0.2, 0) is 11.2 Å². The molecule has 26 heavy (non-hydrogen) atoms. The molecule has 0 saturated heterocycles. The maximum atomic E-state index is 12.3. The standard InChI is InChI=1S/C20H22BrN3OS/c1-13-7-9-16(10-8-13)24-15(3)20(14(2)23-24)22-19(25)6-4-5-17-11-12-18(21)26-17/h7-12H,4-6H2,1-3H3,(H,22,25). The first kappa shape index (κ1) is 18.9. The van der Waals surface area contributed by atoms with E-state index in [2.05, 4.69) is 51.5 Å². The number of halogens is 1. The molecule has 0 bridgehead atoms. The number of rotatable bonds is 6. The van der Waals surface area contributed by atoms with Crippen LogP contribution < -0.4 is 5.32 Å². The molecule has 0 spiro atoms. The molecule has 136 valence electrons. The van der Waals surface area contributed by atoms with Crippen molar-refractivity contribution in [2.75, 3.05) is 5.32 Å². The number of aryl methyl sites for hydroxylation is 3. The molecule has 4 nitrogen and oxygen atoms in total. The first-order valence-corrected chi connectivity index (χ1v) is 10.2. The van der Waals surface area contributed by atoms with Gasteiger partial charge in [-0.2, -0.15) is 5.10 Å². The molecule has 1 aromatic carbocycles. The number of thiophene rings is 1. The van der Waals surface area contributed by atoms with Gasteiger partial charge < -0.3 is 5.32 Å². The number of nitrogens with one attached hydrogen (secondary N) is 1. The lowest BCUT2D eigenvalue weighted by atomic mass is 10.2. The monoisotopic (exact) mass is 431 g/mol. The Kier molecular flexibility index (Phi) is 5.94. The topological polar surface area (TPSA) is 46.9 Å². The Morgan fingerprint density at radius 1 is 1.15 bits per heavy atom. The molecular weight excluding hydrogens is 410 g/mol. The van der Waals surface area contributed by atoms with Crippen LogP contribution in [0.5, 0.6) is 0 Å². The number of carbonyl (C=O) groups is 1. The molecule has 1 amide bonds. The summed E-state index contributed by atoms with van der Waals surface area (Å²) in [5.41, 5.74) is 4.80. The van der Waals surface area contributed by atoms with Crippen molar-refractivity contribution in [1.82, 2.24) is 9.78 Å². The van der Waals surface area contributed by atoms with E-state index in [0.29, 0.717) is 6.42 Å². The van der Waals surface area contributed by atoms with Gasteiger partial charge in [0.15, 0.2) is 0 Å². The average Bonchev–Trinajstić information content (AvgIpc) is 3.14. The molecule has 0 saturated carbocycles. The molecule has 2 heterocycles. The fourth-order valence-electron chi connectivity index (χ4n) is 2.87. The van der Waals surface area contributed by atoms with E-state index in [0.717, 1.165) is 39.4 Å². The summed E-state index contributed by atoms with van der Waals surface area (Å²) in [6.45, 7) is 5.97. The van der Waals surface area contributed by atoms with E-state index >= 15 is 0 Å². The van der Waals surface area contributed by atoms with Crippen LogP contribution in [0.3, 0.4) is 0 Å². The third-order valence-corrected chi connectivity index (χ3v) is 5.97. The summed E-state index contributed by atoms with van der Waals surface area (Å²) in [4.78, 5) is 13.6. The van der Waals surface area contributed by atoms with Gasteiger partial charge in [-0.3, -0.25) is 4.79 Å². The number of carbonyl (C=O) groups excluding carboxylic acids is 1.